The molecular formula is C13H27N. The smallest absolute Gasteiger partial charge is 0.00353 e. The highest BCUT2D eigenvalue weighted by Gasteiger charge is 2.34. The van der Waals surface area contributed by atoms with Crippen LogP contribution in [0.3, 0.4) is 0 Å². The first kappa shape index (κ1) is 12.0. The van der Waals surface area contributed by atoms with Gasteiger partial charge in [0.2, 0.25) is 0 Å². The molecule has 0 N–H and O–H groups in total. The predicted octanol–water partition coefficient (Wildman–Crippen LogP) is 3.54. The summed E-state index contributed by atoms with van der Waals surface area (Å²) in [6.45, 7) is 9.68. The van der Waals surface area contributed by atoms with Crippen LogP contribution in [-0.4, -0.2) is 25.0 Å². The average Bonchev–Trinajstić information content (AvgIpc) is 2.48. The second-order valence-corrected chi connectivity index (χ2v) is 5.63. The molecule has 1 atom stereocenters. The molecule has 84 valence electrons. The SMILES string of the molecule is CCC1(CCCC(C)C)CCN(C)C1. The highest BCUT2D eigenvalue weighted by atomic mass is 15.1. The molecule has 0 aromatic heterocycles. The van der Waals surface area contributed by atoms with Gasteiger partial charge < -0.3 is 4.90 Å². The van der Waals surface area contributed by atoms with Gasteiger partial charge in [0.05, 0.1) is 0 Å². The third-order valence-electron chi connectivity index (χ3n) is 3.87. The lowest BCUT2D eigenvalue weighted by Crippen LogP contribution is -2.24. The van der Waals surface area contributed by atoms with Crippen LogP contribution in [0.2, 0.25) is 0 Å². The molecule has 1 rings (SSSR count). The van der Waals surface area contributed by atoms with Crippen molar-refractivity contribution in [1.82, 2.24) is 4.90 Å². The Morgan fingerprint density at radius 3 is 2.50 bits per heavy atom. The van der Waals surface area contributed by atoms with Gasteiger partial charge in [0.25, 0.3) is 0 Å². The lowest BCUT2D eigenvalue weighted by Gasteiger charge is -2.27. The Labute approximate surface area is 89.9 Å². The van der Waals surface area contributed by atoms with Gasteiger partial charge in [-0.05, 0) is 44.2 Å². The quantitative estimate of drug-likeness (QED) is 0.651. The molecule has 1 unspecified atom stereocenters. The molecule has 14 heavy (non-hydrogen) atoms. The minimum atomic E-state index is 0.670. The minimum Gasteiger partial charge on any atom is -0.306 e. The maximum absolute atomic E-state index is 2.50. The van der Waals surface area contributed by atoms with E-state index in [0.29, 0.717) is 5.41 Å². The molecular weight excluding hydrogens is 170 g/mol. The van der Waals surface area contributed by atoms with E-state index in [1.807, 2.05) is 0 Å². The van der Waals surface area contributed by atoms with Crippen LogP contribution in [0.1, 0.15) is 52.9 Å². The van der Waals surface area contributed by atoms with Gasteiger partial charge in [-0.25, -0.2) is 0 Å². The fourth-order valence-electron chi connectivity index (χ4n) is 2.71. The van der Waals surface area contributed by atoms with E-state index in [9.17, 15) is 0 Å². The minimum absolute atomic E-state index is 0.670. The van der Waals surface area contributed by atoms with Crippen molar-refractivity contribution in [2.75, 3.05) is 20.1 Å². The molecule has 0 radical (unpaired) electrons. The summed E-state index contributed by atoms with van der Waals surface area (Å²) in [5, 5.41) is 0. The van der Waals surface area contributed by atoms with E-state index in [-0.39, 0.29) is 0 Å². The number of hydrogen-bond donors (Lipinski definition) is 0. The molecule has 1 fully saturated rings. The molecule has 1 heterocycles. The van der Waals surface area contributed by atoms with Crippen LogP contribution in [0.5, 0.6) is 0 Å². The summed E-state index contributed by atoms with van der Waals surface area (Å²) in [6, 6.07) is 0. The van der Waals surface area contributed by atoms with Crippen LogP contribution in [0.15, 0.2) is 0 Å². The van der Waals surface area contributed by atoms with Crippen molar-refractivity contribution >= 4 is 0 Å². The summed E-state index contributed by atoms with van der Waals surface area (Å²) in [5.74, 6) is 0.878. The standard InChI is InChI=1S/C13H27N/c1-5-13(8-6-7-12(2)3)9-10-14(4)11-13/h12H,5-11H2,1-4H3. The fraction of sp³-hybridized carbons (Fsp3) is 1.00. The van der Waals surface area contributed by atoms with Crippen molar-refractivity contribution in [2.45, 2.75) is 52.9 Å². The number of hydrogen-bond acceptors (Lipinski definition) is 1. The molecule has 0 bridgehead atoms. The van der Waals surface area contributed by atoms with Gasteiger partial charge in [-0.3, -0.25) is 0 Å². The number of rotatable bonds is 5. The van der Waals surface area contributed by atoms with E-state index in [1.54, 1.807) is 0 Å². The molecule has 1 aliphatic rings. The van der Waals surface area contributed by atoms with Crippen molar-refractivity contribution < 1.29 is 0 Å². The van der Waals surface area contributed by atoms with Crippen LogP contribution in [0, 0.1) is 11.3 Å². The zero-order chi connectivity index (χ0) is 10.6. The van der Waals surface area contributed by atoms with Gasteiger partial charge in [-0.2, -0.15) is 0 Å². The fourth-order valence-corrected chi connectivity index (χ4v) is 2.71. The average molecular weight is 197 g/mol. The van der Waals surface area contributed by atoms with E-state index in [2.05, 4.69) is 32.7 Å². The lowest BCUT2D eigenvalue weighted by atomic mass is 9.79. The summed E-state index contributed by atoms with van der Waals surface area (Å²) in [6.07, 6.45) is 7.09. The van der Waals surface area contributed by atoms with Crippen LogP contribution < -0.4 is 0 Å². The van der Waals surface area contributed by atoms with Crippen molar-refractivity contribution in [2.24, 2.45) is 11.3 Å². The van der Waals surface area contributed by atoms with Gasteiger partial charge in [0.15, 0.2) is 0 Å². The second kappa shape index (κ2) is 5.16. The Balaban J connectivity index is 2.31. The van der Waals surface area contributed by atoms with E-state index < -0.39 is 0 Å². The highest BCUT2D eigenvalue weighted by molar-refractivity contribution is 4.87. The Kier molecular flexibility index (Phi) is 4.43. The Morgan fingerprint density at radius 1 is 1.36 bits per heavy atom. The van der Waals surface area contributed by atoms with Gasteiger partial charge in [-0.15, -0.1) is 0 Å². The van der Waals surface area contributed by atoms with Gasteiger partial charge in [0, 0.05) is 6.54 Å². The number of likely N-dealkylation sites (tertiary alicyclic amines) is 1. The normalized spacial score (nSPS) is 28.9. The molecule has 1 aliphatic heterocycles. The van der Waals surface area contributed by atoms with Gasteiger partial charge in [-0.1, -0.05) is 33.6 Å². The Hall–Kier alpha value is -0.0400. The van der Waals surface area contributed by atoms with Crippen molar-refractivity contribution in [3.8, 4) is 0 Å². The highest BCUT2D eigenvalue weighted by Crippen LogP contribution is 2.38. The Bertz CT molecular complexity index is 165. The molecule has 0 saturated carbocycles. The zero-order valence-corrected chi connectivity index (χ0v) is 10.5. The predicted molar refractivity (Wildman–Crippen MR) is 63.5 cm³/mol. The molecule has 1 nitrogen and oxygen atoms in total. The largest absolute Gasteiger partial charge is 0.306 e. The van der Waals surface area contributed by atoms with E-state index in [4.69, 9.17) is 0 Å². The number of nitrogens with zero attached hydrogens (tertiary/aromatic N) is 1. The van der Waals surface area contributed by atoms with Gasteiger partial charge in [0.1, 0.15) is 0 Å². The Morgan fingerprint density at radius 2 is 2.07 bits per heavy atom. The topological polar surface area (TPSA) is 3.24 Å². The summed E-state index contributed by atoms with van der Waals surface area (Å²) < 4.78 is 0. The van der Waals surface area contributed by atoms with Crippen LogP contribution in [0.4, 0.5) is 0 Å². The first-order valence-corrected chi connectivity index (χ1v) is 6.26. The summed E-state index contributed by atoms with van der Waals surface area (Å²) in [7, 11) is 2.26. The molecule has 0 aromatic rings. The maximum Gasteiger partial charge on any atom is 0.00353 e. The van der Waals surface area contributed by atoms with Crippen molar-refractivity contribution in [3.05, 3.63) is 0 Å². The molecule has 1 heteroatoms. The zero-order valence-electron chi connectivity index (χ0n) is 10.5. The van der Waals surface area contributed by atoms with Gasteiger partial charge >= 0.3 is 0 Å². The third-order valence-corrected chi connectivity index (χ3v) is 3.87. The van der Waals surface area contributed by atoms with Crippen molar-refractivity contribution in [3.63, 3.8) is 0 Å². The molecule has 0 amide bonds. The van der Waals surface area contributed by atoms with Crippen LogP contribution in [0.25, 0.3) is 0 Å². The maximum atomic E-state index is 2.50. The molecule has 0 aromatic carbocycles. The summed E-state index contributed by atoms with van der Waals surface area (Å²) in [4.78, 5) is 2.50. The van der Waals surface area contributed by atoms with Crippen LogP contribution in [-0.2, 0) is 0 Å². The van der Waals surface area contributed by atoms with Crippen molar-refractivity contribution in [1.29, 1.82) is 0 Å². The lowest BCUT2D eigenvalue weighted by molar-refractivity contribution is 0.239. The van der Waals surface area contributed by atoms with E-state index >= 15 is 0 Å². The molecule has 1 saturated heterocycles. The van der Waals surface area contributed by atoms with E-state index in [0.717, 1.165) is 5.92 Å². The molecule has 0 aliphatic carbocycles. The first-order chi connectivity index (χ1) is 6.58. The molecule has 0 spiro atoms. The summed E-state index contributed by atoms with van der Waals surface area (Å²) >= 11 is 0. The second-order valence-electron chi connectivity index (χ2n) is 5.63. The third kappa shape index (κ3) is 3.27. The van der Waals surface area contributed by atoms with E-state index in [1.165, 1.54) is 45.2 Å². The van der Waals surface area contributed by atoms with Crippen LogP contribution >= 0.6 is 0 Å². The first-order valence-electron chi connectivity index (χ1n) is 6.26. The monoisotopic (exact) mass is 197 g/mol. The summed E-state index contributed by atoms with van der Waals surface area (Å²) in [5.41, 5.74) is 0.670.